The molecule has 2 saturated heterocycles. The molecule has 4 aromatic rings. The zero-order valence-corrected chi connectivity index (χ0v) is 19.2. The molecule has 9 heteroatoms. The van der Waals surface area contributed by atoms with E-state index in [9.17, 15) is 0 Å². The number of aryl methyl sites for hydroxylation is 1. The molecule has 6 rings (SSSR count). The molecule has 0 N–H and O–H groups in total. The SMILES string of the molecule is Cc1ccc2ccc(OC[C@H]3O[C@@H](n4ccc5c(Cl)ncnc54)[C@@H]4OC(C)(C)O[C@@H]43)cc2n1. The third-order valence-corrected chi connectivity index (χ3v) is 6.38. The number of hydrogen-bond acceptors (Lipinski definition) is 7. The molecule has 2 aliphatic heterocycles. The highest BCUT2D eigenvalue weighted by Gasteiger charge is 2.56. The predicted octanol–water partition coefficient (Wildman–Crippen LogP) is 4.44. The van der Waals surface area contributed by atoms with Crippen molar-refractivity contribution < 1.29 is 18.9 Å². The van der Waals surface area contributed by atoms with Crippen LogP contribution in [0.3, 0.4) is 0 Å². The quantitative estimate of drug-likeness (QED) is 0.411. The predicted molar refractivity (Wildman–Crippen MR) is 122 cm³/mol. The minimum Gasteiger partial charge on any atom is -0.491 e. The zero-order chi connectivity index (χ0) is 22.7. The fourth-order valence-electron chi connectivity index (χ4n) is 4.63. The summed E-state index contributed by atoms with van der Waals surface area (Å²) < 4.78 is 26.9. The van der Waals surface area contributed by atoms with Crippen molar-refractivity contribution in [1.29, 1.82) is 0 Å². The lowest BCUT2D eigenvalue weighted by molar-refractivity contribution is -0.198. The first-order chi connectivity index (χ1) is 15.9. The zero-order valence-electron chi connectivity index (χ0n) is 18.4. The minimum absolute atomic E-state index is 0.291. The summed E-state index contributed by atoms with van der Waals surface area (Å²) in [5, 5.41) is 2.23. The standard InChI is InChI=1S/C24H23ClN4O4/c1-13-4-5-14-6-7-15(10-17(14)28-13)30-11-18-19-20(33-24(2,3)32-19)23(31-18)29-9-8-16-21(25)26-12-27-22(16)29/h4-10,12,18-20,23H,11H2,1-3H3/t18-,19-,20-,23-/m1/s1. The third kappa shape index (κ3) is 3.63. The number of hydrogen-bond donors (Lipinski definition) is 0. The van der Waals surface area contributed by atoms with Crippen molar-refractivity contribution in [1.82, 2.24) is 19.5 Å². The van der Waals surface area contributed by atoms with Gasteiger partial charge in [0.15, 0.2) is 12.0 Å². The molecule has 0 radical (unpaired) electrons. The summed E-state index contributed by atoms with van der Waals surface area (Å²) in [7, 11) is 0. The number of rotatable bonds is 4. The summed E-state index contributed by atoms with van der Waals surface area (Å²) >= 11 is 6.24. The Bertz CT molecular complexity index is 1360. The van der Waals surface area contributed by atoms with Crippen LogP contribution in [-0.4, -0.2) is 50.2 Å². The fourth-order valence-corrected chi connectivity index (χ4v) is 4.82. The molecule has 33 heavy (non-hydrogen) atoms. The van der Waals surface area contributed by atoms with Crippen molar-refractivity contribution >= 4 is 33.5 Å². The van der Waals surface area contributed by atoms with Crippen LogP contribution in [0.4, 0.5) is 0 Å². The van der Waals surface area contributed by atoms with Gasteiger partial charge >= 0.3 is 0 Å². The molecular formula is C24H23ClN4O4. The van der Waals surface area contributed by atoms with Crippen molar-refractivity contribution in [2.24, 2.45) is 0 Å². The third-order valence-electron chi connectivity index (χ3n) is 6.08. The Morgan fingerprint density at radius 1 is 1.09 bits per heavy atom. The molecular weight excluding hydrogens is 444 g/mol. The van der Waals surface area contributed by atoms with E-state index in [0.717, 1.165) is 27.7 Å². The minimum atomic E-state index is -0.727. The van der Waals surface area contributed by atoms with Crippen LogP contribution in [0.25, 0.3) is 21.9 Å². The van der Waals surface area contributed by atoms with Gasteiger partial charge in [0.05, 0.1) is 10.9 Å². The molecule has 0 aliphatic carbocycles. The van der Waals surface area contributed by atoms with Gasteiger partial charge in [0.25, 0.3) is 0 Å². The first-order valence-corrected chi connectivity index (χ1v) is 11.2. The van der Waals surface area contributed by atoms with Crippen molar-refractivity contribution in [3.8, 4) is 5.75 Å². The Balaban J connectivity index is 1.27. The van der Waals surface area contributed by atoms with Crippen molar-refractivity contribution in [3.05, 3.63) is 59.8 Å². The van der Waals surface area contributed by atoms with Gasteiger partial charge in [-0.05, 0) is 45.0 Å². The Kier molecular flexibility index (Phi) is 4.81. The van der Waals surface area contributed by atoms with Gasteiger partial charge < -0.3 is 23.5 Å². The van der Waals surface area contributed by atoms with Gasteiger partial charge in [-0.3, -0.25) is 4.98 Å². The van der Waals surface area contributed by atoms with Crippen LogP contribution >= 0.6 is 11.6 Å². The summed E-state index contributed by atoms with van der Waals surface area (Å²) in [6.45, 7) is 6.10. The van der Waals surface area contributed by atoms with Crippen molar-refractivity contribution in [2.45, 2.75) is 51.1 Å². The Labute approximate surface area is 195 Å². The number of pyridine rings is 1. The second-order valence-corrected chi connectivity index (χ2v) is 9.23. The number of nitrogens with zero attached hydrogens (tertiary/aromatic N) is 4. The van der Waals surface area contributed by atoms with E-state index >= 15 is 0 Å². The molecule has 3 aromatic heterocycles. The molecule has 1 aromatic carbocycles. The van der Waals surface area contributed by atoms with Gasteiger partial charge in [-0.15, -0.1) is 0 Å². The fraction of sp³-hybridized carbons (Fsp3) is 0.375. The number of aromatic nitrogens is 4. The van der Waals surface area contributed by atoms with Crippen LogP contribution in [0.2, 0.25) is 5.15 Å². The molecule has 170 valence electrons. The maximum absolute atomic E-state index is 6.41. The normalized spacial score (nSPS) is 26.2. The van der Waals surface area contributed by atoms with E-state index in [1.54, 1.807) is 0 Å². The van der Waals surface area contributed by atoms with Crippen LogP contribution in [0.1, 0.15) is 25.8 Å². The van der Waals surface area contributed by atoms with Crippen LogP contribution in [-0.2, 0) is 14.2 Å². The summed E-state index contributed by atoms with van der Waals surface area (Å²) in [5.41, 5.74) is 2.54. The second kappa shape index (κ2) is 7.63. The highest BCUT2D eigenvalue weighted by Crippen LogP contribution is 2.44. The van der Waals surface area contributed by atoms with E-state index in [4.69, 9.17) is 30.5 Å². The lowest BCUT2D eigenvalue weighted by Gasteiger charge is -2.25. The molecule has 0 amide bonds. The van der Waals surface area contributed by atoms with Crippen molar-refractivity contribution in [3.63, 3.8) is 0 Å². The van der Waals surface area contributed by atoms with E-state index < -0.39 is 12.0 Å². The highest BCUT2D eigenvalue weighted by atomic mass is 35.5. The summed E-state index contributed by atoms with van der Waals surface area (Å²) in [6, 6.07) is 11.8. The van der Waals surface area contributed by atoms with E-state index in [-0.39, 0.29) is 18.3 Å². The second-order valence-electron chi connectivity index (χ2n) is 8.87. The van der Waals surface area contributed by atoms with Crippen molar-refractivity contribution in [2.75, 3.05) is 6.61 Å². The topological polar surface area (TPSA) is 80.5 Å². The van der Waals surface area contributed by atoms with Gasteiger partial charge in [-0.1, -0.05) is 17.7 Å². The van der Waals surface area contributed by atoms with E-state index in [0.29, 0.717) is 17.4 Å². The van der Waals surface area contributed by atoms with Crippen LogP contribution < -0.4 is 4.74 Å². The number of halogens is 1. The van der Waals surface area contributed by atoms with Crippen LogP contribution in [0.15, 0.2) is 48.9 Å². The summed E-state index contributed by atoms with van der Waals surface area (Å²) in [4.78, 5) is 13.1. The molecule has 0 unspecified atom stereocenters. The Morgan fingerprint density at radius 2 is 1.91 bits per heavy atom. The maximum atomic E-state index is 6.41. The molecule has 0 bridgehead atoms. The molecule has 2 fully saturated rings. The number of fused-ring (bicyclic) bond motifs is 3. The molecule has 0 saturated carbocycles. The average molecular weight is 467 g/mol. The van der Waals surface area contributed by atoms with E-state index in [1.165, 1.54) is 6.33 Å². The Hall–Kier alpha value is -2.78. The molecule has 2 aliphatic rings. The van der Waals surface area contributed by atoms with E-state index in [1.807, 2.05) is 61.9 Å². The average Bonchev–Trinajstić information content (AvgIpc) is 3.43. The maximum Gasteiger partial charge on any atom is 0.164 e. The Morgan fingerprint density at radius 3 is 2.79 bits per heavy atom. The summed E-state index contributed by atoms with van der Waals surface area (Å²) in [6.07, 6.45) is 1.95. The molecule has 5 heterocycles. The van der Waals surface area contributed by atoms with Gasteiger partial charge in [0.2, 0.25) is 0 Å². The lowest BCUT2D eigenvalue weighted by atomic mass is 10.1. The first kappa shape index (κ1) is 20.8. The van der Waals surface area contributed by atoms with Gasteiger partial charge in [-0.25, -0.2) is 9.97 Å². The van der Waals surface area contributed by atoms with E-state index in [2.05, 4.69) is 21.0 Å². The monoisotopic (exact) mass is 466 g/mol. The number of benzene rings is 1. The number of ether oxygens (including phenoxy) is 4. The molecule has 0 spiro atoms. The first-order valence-electron chi connectivity index (χ1n) is 10.9. The smallest absolute Gasteiger partial charge is 0.164 e. The van der Waals surface area contributed by atoms with Crippen LogP contribution in [0, 0.1) is 6.92 Å². The lowest BCUT2D eigenvalue weighted by Crippen LogP contribution is -2.33. The highest BCUT2D eigenvalue weighted by molar-refractivity contribution is 6.33. The van der Waals surface area contributed by atoms with Crippen LogP contribution in [0.5, 0.6) is 5.75 Å². The van der Waals surface area contributed by atoms with Gasteiger partial charge in [-0.2, -0.15) is 0 Å². The summed E-state index contributed by atoms with van der Waals surface area (Å²) in [5.74, 6) is 0.00333. The van der Waals surface area contributed by atoms with Gasteiger partial charge in [0, 0.05) is 23.3 Å². The largest absolute Gasteiger partial charge is 0.491 e. The molecule has 4 atom stereocenters. The van der Waals surface area contributed by atoms with Gasteiger partial charge in [0.1, 0.15) is 47.8 Å². The molecule has 8 nitrogen and oxygen atoms in total.